The third kappa shape index (κ3) is 3.41. The van der Waals surface area contributed by atoms with Crippen molar-refractivity contribution in [3.63, 3.8) is 0 Å². The van der Waals surface area contributed by atoms with Crippen molar-refractivity contribution >= 4 is 5.91 Å². The largest absolute Gasteiger partial charge is 0.487 e. The molecule has 0 radical (unpaired) electrons. The third-order valence-electron chi connectivity index (χ3n) is 3.34. The van der Waals surface area contributed by atoms with Crippen LogP contribution < -0.4 is 4.74 Å². The van der Waals surface area contributed by atoms with E-state index in [4.69, 9.17) is 4.74 Å². The number of hydrogen-bond acceptors (Lipinski definition) is 4. The predicted octanol–water partition coefficient (Wildman–Crippen LogP) is 2.40. The fraction of sp³-hybridized carbons (Fsp3) is 0.267. The standard InChI is InChI=1S/C15H12F3N3O2/c16-15(17,18)13-7-10(4-6-20-13)23-11-8-21(9-11)14(22)12-3-1-2-5-19-12/h1-7,11H,8-9H2. The summed E-state index contributed by atoms with van der Waals surface area (Å²) in [6, 6.07) is 7.24. The van der Waals surface area contributed by atoms with Gasteiger partial charge in [0.1, 0.15) is 23.2 Å². The molecule has 1 fully saturated rings. The van der Waals surface area contributed by atoms with Gasteiger partial charge in [0, 0.05) is 18.5 Å². The van der Waals surface area contributed by atoms with E-state index >= 15 is 0 Å². The van der Waals surface area contributed by atoms with Crippen LogP contribution in [0.15, 0.2) is 42.7 Å². The Balaban J connectivity index is 1.58. The number of amides is 1. The van der Waals surface area contributed by atoms with Gasteiger partial charge >= 0.3 is 6.18 Å². The molecule has 1 amide bonds. The van der Waals surface area contributed by atoms with Crippen molar-refractivity contribution in [3.05, 3.63) is 54.1 Å². The highest BCUT2D eigenvalue weighted by Gasteiger charge is 2.35. The van der Waals surface area contributed by atoms with E-state index in [1.165, 1.54) is 17.2 Å². The zero-order valence-corrected chi connectivity index (χ0v) is 11.8. The number of likely N-dealkylation sites (tertiary alicyclic amines) is 1. The minimum Gasteiger partial charge on any atom is -0.487 e. The van der Waals surface area contributed by atoms with Crippen molar-refractivity contribution in [2.24, 2.45) is 0 Å². The van der Waals surface area contributed by atoms with Gasteiger partial charge in [0.15, 0.2) is 0 Å². The number of ether oxygens (including phenoxy) is 1. The molecule has 1 aliphatic rings. The van der Waals surface area contributed by atoms with Gasteiger partial charge in [-0.15, -0.1) is 0 Å². The van der Waals surface area contributed by atoms with Gasteiger partial charge in [0.25, 0.3) is 5.91 Å². The first kappa shape index (κ1) is 15.3. The van der Waals surface area contributed by atoms with Crippen LogP contribution in [0, 0.1) is 0 Å². The summed E-state index contributed by atoms with van der Waals surface area (Å²) in [4.78, 5) is 20.8. The van der Waals surface area contributed by atoms with Gasteiger partial charge in [-0.1, -0.05) is 6.07 Å². The molecule has 2 aromatic rings. The van der Waals surface area contributed by atoms with Crippen LogP contribution >= 0.6 is 0 Å². The highest BCUT2D eigenvalue weighted by Crippen LogP contribution is 2.30. The summed E-state index contributed by atoms with van der Waals surface area (Å²) in [7, 11) is 0. The lowest BCUT2D eigenvalue weighted by atomic mass is 10.1. The van der Waals surface area contributed by atoms with Crippen LogP contribution in [0.4, 0.5) is 13.2 Å². The summed E-state index contributed by atoms with van der Waals surface area (Å²) in [5.74, 6) is -0.140. The first-order chi connectivity index (χ1) is 10.9. The molecule has 0 spiro atoms. The highest BCUT2D eigenvalue weighted by molar-refractivity contribution is 5.92. The molecule has 8 heteroatoms. The molecule has 3 rings (SSSR count). The molecule has 3 heterocycles. The second-order valence-corrected chi connectivity index (χ2v) is 5.04. The van der Waals surface area contributed by atoms with Crippen LogP contribution in [0.2, 0.25) is 0 Å². The summed E-state index contributed by atoms with van der Waals surface area (Å²) < 4.78 is 43.2. The van der Waals surface area contributed by atoms with Gasteiger partial charge in [-0.2, -0.15) is 13.2 Å². The molecule has 0 aromatic carbocycles. The number of hydrogen-bond donors (Lipinski definition) is 0. The average Bonchev–Trinajstić information content (AvgIpc) is 2.50. The number of carbonyl (C=O) groups is 1. The number of carbonyl (C=O) groups excluding carboxylic acids is 1. The van der Waals surface area contributed by atoms with E-state index in [1.54, 1.807) is 18.2 Å². The number of pyridine rings is 2. The summed E-state index contributed by atoms with van der Waals surface area (Å²) in [6.07, 6.45) is -2.28. The Morgan fingerprint density at radius 3 is 2.61 bits per heavy atom. The maximum Gasteiger partial charge on any atom is 0.433 e. The lowest BCUT2D eigenvalue weighted by molar-refractivity contribution is -0.141. The molecular formula is C15H12F3N3O2. The average molecular weight is 323 g/mol. The molecular weight excluding hydrogens is 311 g/mol. The Hall–Kier alpha value is -2.64. The van der Waals surface area contributed by atoms with Crippen molar-refractivity contribution in [2.75, 3.05) is 13.1 Å². The fourth-order valence-electron chi connectivity index (χ4n) is 2.16. The molecule has 0 bridgehead atoms. The van der Waals surface area contributed by atoms with Crippen molar-refractivity contribution in [2.45, 2.75) is 12.3 Å². The molecule has 0 aliphatic carbocycles. The normalized spacial score (nSPS) is 15.2. The minimum absolute atomic E-state index is 0.0854. The number of rotatable bonds is 3. The van der Waals surface area contributed by atoms with Crippen LogP contribution in [-0.2, 0) is 6.18 Å². The Morgan fingerprint density at radius 1 is 1.17 bits per heavy atom. The number of nitrogens with zero attached hydrogens (tertiary/aromatic N) is 3. The van der Waals surface area contributed by atoms with Gasteiger partial charge < -0.3 is 9.64 Å². The number of aromatic nitrogens is 2. The maximum absolute atomic E-state index is 12.6. The quantitative estimate of drug-likeness (QED) is 0.870. The maximum atomic E-state index is 12.6. The second kappa shape index (κ2) is 5.86. The minimum atomic E-state index is -4.51. The number of alkyl halides is 3. The summed E-state index contributed by atoms with van der Waals surface area (Å²) in [5, 5.41) is 0. The topological polar surface area (TPSA) is 55.3 Å². The van der Waals surface area contributed by atoms with E-state index < -0.39 is 11.9 Å². The molecule has 2 aromatic heterocycles. The predicted molar refractivity (Wildman–Crippen MR) is 73.8 cm³/mol. The van der Waals surface area contributed by atoms with E-state index in [1.807, 2.05) is 0 Å². The zero-order valence-electron chi connectivity index (χ0n) is 11.8. The van der Waals surface area contributed by atoms with Crippen LogP contribution in [-0.4, -0.2) is 40.0 Å². The molecule has 120 valence electrons. The first-order valence-corrected chi connectivity index (χ1v) is 6.84. The smallest absolute Gasteiger partial charge is 0.433 e. The molecule has 1 saturated heterocycles. The van der Waals surface area contributed by atoms with Crippen LogP contribution in [0.3, 0.4) is 0 Å². The van der Waals surface area contributed by atoms with Crippen LogP contribution in [0.5, 0.6) is 5.75 Å². The Kier molecular flexibility index (Phi) is 3.89. The summed E-state index contributed by atoms with van der Waals surface area (Å²) in [5.41, 5.74) is -0.676. The van der Waals surface area contributed by atoms with Gasteiger partial charge in [-0.05, 0) is 18.2 Å². The second-order valence-electron chi connectivity index (χ2n) is 5.04. The SMILES string of the molecule is O=C(c1ccccn1)N1CC(Oc2ccnc(C(F)(F)F)c2)C1. The van der Waals surface area contributed by atoms with E-state index in [-0.39, 0.29) is 17.8 Å². The summed E-state index contributed by atoms with van der Waals surface area (Å²) >= 11 is 0. The van der Waals surface area contributed by atoms with Crippen molar-refractivity contribution in [1.82, 2.24) is 14.9 Å². The Bertz CT molecular complexity index is 701. The van der Waals surface area contributed by atoms with Crippen molar-refractivity contribution in [1.29, 1.82) is 0 Å². The molecule has 0 N–H and O–H groups in total. The molecule has 0 atom stereocenters. The van der Waals surface area contributed by atoms with E-state index in [0.29, 0.717) is 18.8 Å². The van der Waals surface area contributed by atoms with Gasteiger partial charge in [-0.25, -0.2) is 0 Å². The van der Waals surface area contributed by atoms with Gasteiger partial charge in [0.2, 0.25) is 0 Å². The fourth-order valence-corrected chi connectivity index (χ4v) is 2.16. The van der Waals surface area contributed by atoms with Crippen LogP contribution in [0.25, 0.3) is 0 Å². The lowest BCUT2D eigenvalue weighted by Crippen LogP contribution is -2.56. The summed E-state index contributed by atoms with van der Waals surface area (Å²) in [6.45, 7) is 0.609. The monoisotopic (exact) mass is 323 g/mol. The lowest BCUT2D eigenvalue weighted by Gasteiger charge is -2.38. The molecule has 1 aliphatic heterocycles. The third-order valence-corrected chi connectivity index (χ3v) is 3.34. The molecule has 0 unspecified atom stereocenters. The van der Waals surface area contributed by atoms with Gasteiger partial charge in [0.05, 0.1) is 13.1 Å². The zero-order chi connectivity index (χ0) is 16.4. The first-order valence-electron chi connectivity index (χ1n) is 6.84. The Labute approximate surface area is 129 Å². The molecule has 5 nitrogen and oxygen atoms in total. The van der Waals surface area contributed by atoms with Gasteiger partial charge in [-0.3, -0.25) is 14.8 Å². The molecule has 23 heavy (non-hydrogen) atoms. The van der Waals surface area contributed by atoms with E-state index in [9.17, 15) is 18.0 Å². The van der Waals surface area contributed by atoms with E-state index in [2.05, 4.69) is 9.97 Å². The van der Waals surface area contributed by atoms with Crippen LogP contribution in [0.1, 0.15) is 16.2 Å². The number of halogens is 3. The van der Waals surface area contributed by atoms with Crippen molar-refractivity contribution < 1.29 is 22.7 Å². The molecule has 0 saturated carbocycles. The van der Waals surface area contributed by atoms with E-state index in [0.717, 1.165) is 12.3 Å². The Morgan fingerprint density at radius 2 is 1.96 bits per heavy atom. The highest BCUT2D eigenvalue weighted by atomic mass is 19.4. The van der Waals surface area contributed by atoms with Crippen molar-refractivity contribution in [3.8, 4) is 5.75 Å².